The molecule has 0 heterocycles. The van der Waals surface area contributed by atoms with Gasteiger partial charge in [-0.25, -0.2) is 0 Å². The van der Waals surface area contributed by atoms with Crippen molar-refractivity contribution in [3.05, 3.63) is 64.7 Å². The summed E-state index contributed by atoms with van der Waals surface area (Å²) in [5, 5.41) is 0.687. The Morgan fingerprint density at radius 1 is 1.10 bits per heavy atom. The van der Waals surface area contributed by atoms with E-state index in [0.29, 0.717) is 5.02 Å². The van der Waals surface area contributed by atoms with E-state index >= 15 is 0 Å². The van der Waals surface area contributed by atoms with E-state index in [1.807, 2.05) is 30.3 Å². The molecule has 1 nitrogen and oxygen atoms in total. The molecule has 0 aliphatic heterocycles. The van der Waals surface area contributed by atoms with Crippen molar-refractivity contribution < 1.29 is 13.5 Å². The Morgan fingerprint density at radius 3 is 2.45 bits per heavy atom. The van der Waals surface area contributed by atoms with E-state index in [0.717, 1.165) is 17.5 Å². The fourth-order valence-corrected chi connectivity index (χ4v) is 2.62. The van der Waals surface area contributed by atoms with Crippen LogP contribution in [0.2, 0.25) is 5.02 Å². The zero-order valence-corrected chi connectivity index (χ0v) is 12.7. The van der Waals surface area contributed by atoms with Crippen LogP contribution in [0.25, 0.3) is 0 Å². The van der Waals surface area contributed by atoms with Crippen molar-refractivity contribution in [1.82, 2.24) is 0 Å². The summed E-state index contributed by atoms with van der Waals surface area (Å²) in [7, 11) is 0. The molecule has 2 aromatic carbocycles. The minimum Gasteiger partial charge on any atom is -0.435 e. The maximum Gasteiger partial charge on any atom is 0.387 e. The highest BCUT2D eigenvalue weighted by atomic mass is 79.9. The lowest BCUT2D eigenvalue weighted by Gasteiger charge is -2.12. The smallest absolute Gasteiger partial charge is 0.387 e. The van der Waals surface area contributed by atoms with Crippen LogP contribution in [-0.4, -0.2) is 6.61 Å². The second kappa shape index (κ2) is 7.04. The molecule has 0 saturated heterocycles. The number of halogens is 4. The molecule has 0 bridgehead atoms. The van der Waals surface area contributed by atoms with Crippen LogP contribution in [0.15, 0.2) is 48.5 Å². The van der Waals surface area contributed by atoms with Crippen LogP contribution < -0.4 is 4.74 Å². The van der Waals surface area contributed by atoms with Crippen LogP contribution in [0.1, 0.15) is 16.0 Å². The normalized spacial score (nSPS) is 12.4. The van der Waals surface area contributed by atoms with E-state index in [9.17, 15) is 8.78 Å². The maximum atomic E-state index is 12.2. The third-order valence-corrected chi connectivity index (χ3v) is 3.88. The first kappa shape index (κ1) is 15.3. The predicted octanol–water partition coefficient (Wildman–Crippen LogP) is 5.62. The highest BCUT2D eigenvalue weighted by Gasteiger charge is 2.11. The zero-order chi connectivity index (χ0) is 14.5. The van der Waals surface area contributed by atoms with Gasteiger partial charge >= 0.3 is 6.61 Å². The lowest BCUT2D eigenvalue weighted by Crippen LogP contribution is -2.03. The van der Waals surface area contributed by atoms with Gasteiger partial charge < -0.3 is 4.74 Å². The van der Waals surface area contributed by atoms with Gasteiger partial charge in [0.15, 0.2) is 0 Å². The van der Waals surface area contributed by atoms with Crippen LogP contribution in [-0.2, 0) is 6.42 Å². The lowest BCUT2D eigenvalue weighted by molar-refractivity contribution is -0.0498. The standard InChI is InChI=1S/C15H12BrClF2O/c16-14(8-10-4-6-12(17)7-5-10)11-2-1-3-13(9-11)20-15(18)19/h1-7,9,14-15H,8H2. The Hall–Kier alpha value is -1.13. The second-order valence-corrected chi connectivity index (χ2v) is 5.79. The van der Waals surface area contributed by atoms with Crippen molar-refractivity contribution in [3.8, 4) is 5.75 Å². The van der Waals surface area contributed by atoms with Crippen molar-refractivity contribution in [2.45, 2.75) is 17.9 Å². The summed E-state index contributed by atoms with van der Waals surface area (Å²) in [6.45, 7) is -2.81. The van der Waals surface area contributed by atoms with Crippen molar-refractivity contribution in [2.24, 2.45) is 0 Å². The molecule has 0 aliphatic carbocycles. The van der Waals surface area contributed by atoms with Gasteiger partial charge in [-0.2, -0.15) is 8.78 Å². The monoisotopic (exact) mass is 360 g/mol. The number of ether oxygens (including phenoxy) is 1. The number of hydrogen-bond acceptors (Lipinski definition) is 1. The predicted molar refractivity (Wildman–Crippen MR) is 79.9 cm³/mol. The molecule has 0 spiro atoms. The van der Waals surface area contributed by atoms with Crippen LogP contribution in [0, 0.1) is 0 Å². The summed E-state index contributed by atoms with van der Waals surface area (Å²) < 4.78 is 28.8. The van der Waals surface area contributed by atoms with Gasteiger partial charge in [-0.1, -0.05) is 51.8 Å². The topological polar surface area (TPSA) is 9.23 Å². The fraction of sp³-hybridized carbons (Fsp3) is 0.200. The molecule has 0 fully saturated rings. The average molecular weight is 362 g/mol. The molecule has 0 amide bonds. The minimum absolute atomic E-state index is 0.0184. The Bertz CT molecular complexity index is 560. The summed E-state index contributed by atoms with van der Waals surface area (Å²) in [4.78, 5) is 0.0184. The van der Waals surface area contributed by atoms with Gasteiger partial charge in [-0.3, -0.25) is 0 Å². The summed E-state index contributed by atoms with van der Waals surface area (Å²) in [5.41, 5.74) is 1.99. The van der Waals surface area contributed by atoms with E-state index in [1.54, 1.807) is 12.1 Å². The van der Waals surface area contributed by atoms with Crippen LogP contribution in [0.5, 0.6) is 5.75 Å². The molecule has 1 atom stereocenters. The average Bonchev–Trinajstić information content (AvgIpc) is 2.41. The van der Waals surface area contributed by atoms with Crippen LogP contribution >= 0.6 is 27.5 Å². The molecule has 2 rings (SSSR count). The Morgan fingerprint density at radius 2 is 1.80 bits per heavy atom. The molecule has 0 aliphatic rings. The summed E-state index contributed by atoms with van der Waals surface area (Å²) in [6, 6.07) is 14.2. The van der Waals surface area contributed by atoms with Crippen LogP contribution in [0.3, 0.4) is 0 Å². The van der Waals surface area contributed by atoms with Crippen molar-refractivity contribution in [2.75, 3.05) is 0 Å². The van der Waals surface area contributed by atoms with Crippen LogP contribution in [0.4, 0.5) is 8.78 Å². The summed E-state index contributed by atoms with van der Waals surface area (Å²) >= 11 is 9.40. The molecule has 0 radical (unpaired) electrons. The zero-order valence-electron chi connectivity index (χ0n) is 10.4. The molecule has 0 aromatic heterocycles. The van der Waals surface area contributed by atoms with Crippen molar-refractivity contribution in [3.63, 3.8) is 0 Å². The number of rotatable bonds is 5. The first-order valence-electron chi connectivity index (χ1n) is 5.98. The fourth-order valence-electron chi connectivity index (χ4n) is 1.83. The minimum atomic E-state index is -2.81. The van der Waals surface area contributed by atoms with E-state index < -0.39 is 6.61 Å². The number of alkyl halides is 3. The number of benzene rings is 2. The molecular weight excluding hydrogens is 350 g/mol. The Labute approximate surface area is 129 Å². The van der Waals surface area contributed by atoms with Gasteiger partial charge in [0, 0.05) is 9.85 Å². The van der Waals surface area contributed by atoms with Gasteiger partial charge in [0.05, 0.1) is 0 Å². The Balaban J connectivity index is 2.08. The summed E-state index contributed by atoms with van der Waals surface area (Å²) in [5.74, 6) is 0.165. The third-order valence-electron chi connectivity index (χ3n) is 2.77. The third kappa shape index (κ3) is 4.46. The quantitative estimate of drug-likeness (QED) is 0.628. The largest absolute Gasteiger partial charge is 0.435 e. The second-order valence-electron chi connectivity index (χ2n) is 4.25. The molecule has 106 valence electrons. The Kier molecular flexibility index (Phi) is 5.38. The molecule has 20 heavy (non-hydrogen) atoms. The summed E-state index contributed by atoms with van der Waals surface area (Å²) in [6.07, 6.45) is 0.731. The first-order valence-corrected chi connectivity index (χ1v) is 7.27. The highest BCUT2D eigenvalue weighted by molar-refractivity contribution is 9.09. The van der Waals surface area contributed by atoms with E-state index in [1.165, 1.54) is 6.07 Å². The van der Waals surface area contributed by atoms with Crippen molar-refractivity contribution >= 4 is 27.5 Å². The van der Waals surface area contributed by atoms with Crippen molar-refractivity contribution in [1.29, 1.82) is 0 Å². The molecule has 1 unspecified atom stereocenters. The maximum absolute atomic E-state index is 12.2. The highest BCUT2D eigenvalue weighted by Crippen LogP contribution is 2.30. The van der Waals surface area contributed by atoms with Gasteiger partial charge in [0.2, 0.25) is 0 Å². The molecule has 0 saturated carbocycles. The number of hydrogen-bond donors (Lipinski definition) is 0. The lowest BCUT2D eigenvalue weighted by atomic mass is 10.0. The van der Waals surface area contributed by atoms with Gasteiger partial charge in [-0.15, -0.1) is 0 Å². The van der Waals surface area contributed by atoms with Gasteiger partial charge in [0.25, 0.3) is 0 Å². The first-order chi connectivity index (χ1) is 9.54. The molecule has 5 heteroatoms. The van der Waals surface area contributed by atoms with Gasteiger partial charge in [0.1, 0.15) is 5.75 Å². The van der Waals surface area contributed by atoms with Gasteiger partial charge in [-0.05, 0) is 41.8 Å². The molecule has 0 N–H and O–H groups in total. The SMILES string of the molecule is FC(F)Oc1cccc(C(Br)Cc2ccc(Cl)cc2)c1. The molecular formula is C15H12BrClF2O. The van der Waals surface area contributed by atoms with E-state index in [-0.39, 0.29) is 10.6 Å². The molecule has 2 aromatic rings. The van der Waals surface area contributed by atoms with E-state index in [4.69, 9.17) is 11.6 Å². The van der Waals surface area contributed by atoms with E-state index in [2.05, 4.69) is 20.7 Å².